The van der Waals surface area contributed by atoms with Crippen LogP contribution in [0.1, 0.15) is 18.9 Å². The normalized spacial score (nSPS) is 15.0. The average Bonchev–Trinajstić information content (AvgIpc) is 3.32. The van der Waals surface area contributed by atoms with Gasteiger partial charge in [0.1, 0.15) is 12.6 Å². The van der Waals surface area contributed by atoms with Crippen molar-refractivity contribution in [2.45, 2.75) is 13.0 Å². The second kappa shape index (κ2) is 6.92. The zero-order chi connectivity index (χ0) is 17.9. The lowest BCUT2D eigenvalue weighted by molar-refractivity contribution is 0.181. The van der Waals surface area contributed by atoms with Gasteiger partial charge in [-0.1, -0.05) is 30.3 Å². The minimum Gasteiger partial charge on any atom is -0.447 e. The van der Waals surface area contributed by atoms with Crippen molar-refractivity contribution in [2.24, 2.45) is 0 Å². The Balaban J connectivity index is 1.44. The van der Waals surface area contributed by atoms with Crippen LogP contribution in [0.4, 0.5) is 16.2 Å². The first-order valence-corrected chi connectivity index (χ1v) is 8.53. The molecule has 3 aromatic rings. The van der Waals surface area contributed by atoms with Crippen molar-refractivity contribution in [2.75, 3.05) is 23.4 Å². The Labute approximate surface area is 151 Å². The van der Waals surface area contributed by atoms with E-state index in [0.717, 1.165) is 22.7 Å². The predicted molar refractivity (Wildman–Crippen MR) is 99.1 cm³/mol. The van der Waals surface area contributed by atoms with Crippen LogP contribution < -0.4 is 10.2 Å². The first-order chi connectivity index (χ1) is 12.7. The Morgan fingerprint density at radius 3 is 2.58 bits per heavy atom. The predicted octanol–water partition coefficient (Wildman–Crippen LogP) is 4.47. The number of rotatable bonds is 5. The number of amides is 1. The molecule has 0 unspecified atom stereocenters. The third kappa shape index (κ3) is 3.26. The first-order valence-electron chi connectivity index (χ1n) is 8.53. The molecular weight excluding hydrogens is 330 g/mol. The van der Waals surface area contributed by atoms with Gasteiger partial charge in [0.2, 0.25) is 5.89 Å². The van der Waals surface area contributed by atoms with E-state index < -0.39 is 0 Å². The van der Waals surface area contributed by atoms with Crippen molar-refractivity contribution in [3.8, 4) is 11.3 Å². The molecule has 0 aliphatic carbocycles. The number of benzene rings is 2. The van der Waals surface area contributed by atoms with Gasteiger partial charge >= 0.3 is 6.09 Å². The summed E-state index contributed by atoms with van der Waals surface area (Å²) in [6.07, 6.45) is 1.44. The topological polar surface area (TPSA) is 67.6 Å². The molecule has 1 atom stereocenters. The zero-order valence-corrected chi connectivity index (χ0v) is 14.4. The lowest BCUT2D eigenvalue weighted by Gasteiger charge is -2.15. The molecule has 1 N–H and O–H groups in total. The van der Waals surface area contributed by atoms with Gasteiger partial charge < -0.3 is 14.5 Å². The average molecular weight is 349 g/mol. The van der Waals surface area contributed by atoms with E-state index in [1.165, 1.54) is 0 Å². The number of carbonyl (C=O) groups excluding carboxylic acids is 1. The maximum absolute atomic E-state index is 11.6. The maximum atomic E-state index is 11.6. The molecule has 2 aromatic carbocycles. The number of nitrogens with one attached hydrogen (secondary N) is 1. The number of anilines is 2. The van der Waals surface area contributed by atoms with Gasteiger partial charge in [0, 0.05) is 16.9 Å². The molecule has 1 aromatic heterocycles. The third-order valence-corrected chi connectivity index (χ3v) is 4.28. The van der Waals surface area contributed by atoms with Crippen LogP contribution in [0.15, 0.2) is 65.2 Å². The molecule has 0 spiro atoms. The van der Waals surface area contributed by atoms with Gasteiger partial charge in [-0.3, -0.25) is 4.90 Å². The molecule has 132 valence electrons. The van der Waals surface area contributed by atoms with Crippen molar-refractivity contribution >= 4 is 17.5 Å². The van der Waals surface area contributed by atoms with Crippen LogP contribution in [0.2, 0.25) is 0 Å². The van der Waals surface area contributed by atoms with E-state index in [1.807, 2.05) is 61.5 Å². The molecule has 1 saturated heterocycles. The molecule has 2 heterocycles. The summed E-state index contributed by atoms with van der Waals surface area (Å²) in [5.41, 5.74) is 2.75. The van der Waals surface area contributed by atoms with E-state index in [9.17, 15) is 4.79 Å². The molecule has 0 saturated carbocycles. The summed E-state index contributed by atoms with van der Waals surface area (Å²) >= 11 is 0. The fraction of sp³-hybridized carbons (Fsp3) is 0.200. The number of oxazole rings is 1. The summed E-state index contributed by atoms with van der Waals surface area (Å²) in [6, 6.07) is 17.4. The first kappa shape index (κ1) is 16.2. The van der Waals surface area contributed by atoms with E-state index >= 15 is 0 Å². The van der Waals surface area contributed by atoms with Crippen molar-refractivity contribution in [1.82, 2.24) is 4.98 Å². The molecule has 0 radical (unpaired) electrons. The van der Waals surface area contributed by atoms with Crippen molar-refractivity contribution in [3.63, 3.8) is 0 Å². The summed E-state index contributed by atoms with van der Waals surface area (Å²) in [5.74, 6) is 1.37. The Bertz CT molecular complexity index is 890. The number of aromatic nitrogens is 1. The van der Waals surface area contributed by atoms with Gasteiger partial charge in [0.05, 0.1) is 12.7 Å². The summed E-state index contributed by atoms with van der Waals surface area (Å²) in [5, 5.41) is 3.36. The molecular formula is C20H19N3O3. The second-order valence-corrected chi connectivity index (χ2v) is 6.11. The minimum absolute atomic E-state index is 0.0879. The van der Waals surface area contributed by atoms with Gasteiger partial charge in [0.15, 0.2) is 5.76 Å². The van der Waals surface area contributed by atoms with Gasteiger partial charge in [-0.05, 0) is 31.2 Å². The van der Waals surface area contributed by atoms with E-state index in [1.54, 1.807) is 11.1 Å². The lowest BCUT2D eigenvalue weighted by atomic mass is 10.2. The van der Waals surface area contributed by atoms with Crippen LogP contribution in [-0.4, -0.2) is 24.2 Å². The largest absolute Gasteiger partial charge is 0.447 e. The highest BCUT2D eigenvalue weighted by molar-refractivity contribution is 5.89. The number of nitrogens with zero attached hydrogens (tertiary/aromatic N) is 2. The van der Waals surface area contributed by atoms with Crippen LogP contribution in [0, 0.1) is 0 Å². The molecule has 26 heavy (non-hydrogen) atoms. The van der Waals surface area contributed by atoms with Crippen LogP contribution in [0.5, 0.6) is 0 Å². The van der Waals surface area contributed by atoms with E-state index in [-0.39, 0.29) is 12.1 Å². The summed E-state index contributed by atoms with van der Waals surface area (Å²) < 4.78 is 10.8. The Kier molecular flexibility index (Phi) is 4.31. The molecule has 1 amide bonds. The molecule has 1 aliphatic heterocycles. The van der Waals surface area contributed by atoms with Crippen LogP contribution in [0.3, 0.4) is 0 Å². The maximum Gasteiger partial charge on any atom is 0.414 e. The Morgan fingerprint density at radius 2 is 1.88 bits per heavy atom. The summed E-state index contributed by atoms with van der Waals surface area (Å²) in [6.45, 7) is 3.01. The summed E-state index contributed by atoms with van der Waals surface area (Å²) in [7, 11) is 0. The zero-order valence-electron chi connectivity index (χ0n) is 14.4. The quantitative estimate of drug-likeness (QED) is 0.736. The number of cyclic esters (lactones) is 1. The lowest BCUT2D eigenvalue weighted by Crippen LogP contribution is -2.23. The molecule has 6 heteroatoms. The second-order valence-electron chi connectivity index (χ2n) is 6.11. The number of hydrogen-bond acceptors (Lipinski definition) is 5. The Hall–Kier alpha value is -3.28. The smallest absolute Gasteiger partial charge is 0.414 e. The van der Waals surface area contributed by atoms with Gasteiger partial charge in [-0.15, -0.1) is 0 Å². The number of hydrogen-bond donors (Lipinski definition) is 1. The summed E-state index contributed by atoms with van der Waals surface area (Å²) in [4.78, 5) is 17.6. The standard InChI is InChI=1S/C20H19N3O3/c1-14(19-21-13-18(26-19)15-5-3-2-4-6-15)22-16-7-9-17(10-8-16)23-11-12-25-20(23)24/h2-10,13-14,22H,11-12H2,1H3/t14-/m0/s1. The molecule has 6 nitrogen and oxygen atoms in total. The van der Waals surface area contributed by atoms with Crippen molar-refractivity contribution in [3.05, 3.63) is 66.7 Å². The van der Waals surface area contributed by atoms with Gasteiger partial charge in [0.25, 0.3) is 0 Å². The third-order valence-electron chi connectivity index (χ3n) is 4.28. The molecule has 0 bridgehead atoms. The monoisotopic (exact) mass is 349 g/mol. The van der Waals surface area contributed by atoms with E-state index in [2.05, 4.69) is 10.3 Å². The fourth-order valence-corrected chi connectivity index (χ4v) is 2.90. The Morgan fingerprint density at radius 1 is 1.12 bits per heavy atom. The SMILES string of the molecule is C[C@H](Nc1ccc(N2CCOC2=O)cc1)c1ncc(-c2ccccc2)o1. The minimum atomic E-state index is -0.299. The number of ether oxygens (including phenoxy) is 1. The van der Waals surface area contributed by atoms with Crippen molar-refractivity contribution in [1.29, 1.82) is 0 Å². The molecule has 1 aliphatic rings. The van der Waals surface area contributed by atoms with Crippen molar-refractivity contribution < 1.29 is 13.9 Å². The fourth-order valence-electron chi connectivity index (χ4n) is 2.90. The molecule has 4 rings (SSSR count). The van der Waals surface area contributed by atoms with E-state index in [0.29, 0.717) is 19.0 Å². The number of carbonyl (C=O) groups is 1. The highest BCUT2D eigenvalue weighted by Crippen LogP contribution is 2.26. The highest BCUT2D eigenvalue weighted by atomic mass is 16.6. The van der Waals surface area contributed by atoms with Crippen LogP contribution in [-0.2, 0) is 4.74 Å². The van der Waals surface area contributed by atoms with Crippen LogP contribution in [0.25, 0.3) is 11.3 Å². The highest BCUT2D eigenvalue weighted by Gasteiger charge is 2.23. The molecule has 1 fully saturated rings. The van der Waals surface area contributed by atoms with Gasteiger partial charge in [-0.2, -0.15) is 0 Å². The van der Waals surface area contributed by atoms with E-state index in [4.69, 9.17) is 9.15 Å². The van der Waals surface area contributed by atoms with Gasteiger partial charge in [-0.25, -0.2) is 9.78 Å². The van der Waals surface area contributed by atoms with Crippen LogP contribution >= 0.6 is 0 Å².